The van der Waals surface area contributed by atoms with Crippen molar-refractivity contribution in [3.05, 3.63) is 0 Å². The first-order chi connectivity index (χ1) is 5.33. The van der Waals surface area contributed by atoms with Crippen molar-refractivity contribution in [1.29, 1.82) is 0 Å². The zero-order valence-corrected chi connectivity index (χ0v) is 7.69. The molecule has 0 amide bonds. The van der Waals surface area contributed by atoms with Crippen LogP contribution in [0.4, 0.5) is 0 Å². The smallest absolute Gasteiger partial charge is 0.0203 e. The Kier molecular flexibility index (Phi) is 3.49. The monoisotopic (exact) mass is 150 g/mol. The van der Waals surface area contributed by atoms with Crippen LogP contribution in [-0.4, -0.2) is 0 Å². The maximum atomic E-state index is 3.33. The van der Waals surface area contributed by atoms with Gasteiger partial charge in [-0.2, -0.15) is 0 Å². The predicted octanol–water partition coefficient (Wildman–Crippen LogP) is 3.23. The molecule has 1 aliphatic carbocycles. The third-order valence-electron chi connectivity index (χ3n) is 2.10. The van der Waals surface area contributed by atoms with Crippen LogP contribution in [0.1, 0.15) is 46.0 Å². The van der Waals surface area contributed by atoms with Crippen molar-refractivity contribution in [1.82, 2.24) is 0 Å². The summed E-state index contributed by atoms with van der Waals surface area (Å²) in [6.45, 7) is 4.48. The molecule has 1 rings (SSSR count). The van der Waals surface area contributed by atoms with E-state index in [1.54, 1.807) is 0 Å². The molecule has 1 fully saturated rings. The van der Waals surface area contributed by atoms with Gasteiger partial charge in [-0.15, -0.1) is 0 Å². The van der Waals surface area contributed by atoms with Gasteiger partial charge in [0.2, 0.25) is 0 Å². The molecule has 0 aromatic carbocycles. The summed E-state index contributed by atoms with van der Waals surface area (Å²) in [5.41, 5.74) is 0. The van der Waals surface area contributed by atoms with Crippen molar-refractivity contribution in [3.63, 3.8) is 0 Å². The lowest BCUT2D eigenvalue weighted by molar-refractivity contribution is 0.613. The normalized spacial score (nSPS) is 18.7. The molecule has 0 heterocycles. The fourth-order valence-electron chi connectivity index (χ4n) is 1.07. The van der Waals surface area contributed by atoms with Crippen LogP contribution in [0, 0.1) is 23.7 Å². The zero-order valence-electron chi connectivity index (χ0n) is 7.69. The van der Waals surface area contributed by atoms with Gasteiger partial charge >= 0.3 is 0 Å². The third kappa shape index (κ3) is 4.09. The summed E-state index contributed by atoms with van der Waals surface area (Å²) in [6.07, 6.45) is 6.63. The van der Waals surface area contributed by atoms with Gasteiger partial charge in [-0.1, -0.05) is 38.5 Å². The van der Waals surface area contributed by atoms with Gasteiger partial charge in [-0.25, -0.2) is 0 Å². The van der Waals surface area contributed by atoms with Gasteiger partial charge in [-0.3, -0.25) is 0 Å². The molecule has 0 spiro atoms. The van der Waals surface area contributed by atoms with E-state index in [0.717, 1.165) is 5.92 Å². The molecule has 1 saturated carbocycles. The van der Waals surface area contributed by atoms with Gasteiger partial charge in [0.05, 0.1) is 0 Å². The highest BCUT2D eigenvalue weighted by Crippen LogP contribution is 2.27. The van der Waals surface area contributed by atoms with Gasteiger partial charge in [-0.05, 0) is 19.3 Å². The zero-order chi connectivity index (χ0) is 8.10. The van der Waals surface area contributed by atoms with E-state index in [0.29, 0.717) is 5.92 Å². The van der Waals surface area contributed by atoms with Crippen LogP contribution < -0.4 is 0 Å². The van der Waals surface area contributed by atoms with Crippen molar-refractivity contribution in [3.8, 4) is 11.8 Å². The SMILES string of the molecule is CCCCC(C)C#CC1CC1. The topological polar surface area (TPSA) is 0 Å². The van der Waals surface area contributed by atoms with Crippen molar-refractivity contribution < 1.29 is 0 Å². The fourth-order valence-corrected chi connectivity index (χ4v) is 1.07. The first-order valence-corrected chi connectivity index (χ1v) is 4.84. The van der Waals surface area contributed by atoms with Crippen LogP contribution in [0.15, 0.2) is 0 Å². The molecule has 0 radical (unpaired) electrons. The van der Waals surface area contributed by atoms with Gasteiger partial charge in [0.1, 0.15) is 0 Å². The summed E-state index contributed by atoms with van der Waals surface area (Å²) in [7, 11) is 0. The molecule has 0 bridgehead atoms. The van der Waals surface area contributed by atoms with Gasteiger partial charge < -0.3 is 0 Å². The minimum absolute atomic E-state index is 0.635. The standard InChI is InChI=1S/C11H18/c1-3-4-5-10(2)6-7-11-8-9-11/h10-11H,3-5,8-9H2,1-2H3. The summed E-state index contributed by atoms with van der Waals surface area (Å²) in [4.78, 5) is 0. The van der Waals surface area contributed by atoms with Crippen LogP contribution in [0.2, 0.25) is 0 Å². The second kappa shape index (κ2) is 4.44. The van der Waals surface area contributed by atoms with Gasteiger partial charge in [0, 0.05) is 11.8 Å². The highest BCUT2D eigenvalue weighted by molar-refractivity contribution is 5.10. The Morgan fingerprint density at radius 1 is 1.45 bits per heavy atom. The fraction of sp³-hybridized carbons (Fsp3) is 0.818. The van der Waals surface area contributed by atoms with Crippen molar-refractivity contribution in [2.75, 3.05) is 0 Å². The molecule has 0 nitrogen and oxygen atoms in total. The Balaban J connectivity index is 2.09. The van der Waals surface area contributed by atoms with E-state index >= 15 is 0 Å². The number of rotatable bonds is 3. The molecule has 0 N–H and O–H groups in total. The first-order valence-electron chi connectivity index (χ1n) is 4.84. The average Bonchev–Trinajstić information content (AvgIpc) is 2.80. The van der Waals surface area contributed by atoms with Crippen LogP contribution >= 0.6 is 0 Å². The molecule has 0 heteroatoms. The summed E-state index contributed by atoms with van der Waals surface area (Å²) < 4.78 is 0. The quantitative estimate of drug-likeness (QED) is 0.542. The maximum Gasteiger partial charge on any atom is 0.0203 e. The molecule has 11 heavy (non-hydrogen) atoms. The van der Waals surface area contributed by atoms with E-state index in [4.69, 9.17) is 0 Å². The van der Waals surface area contributed by atoms with Gasteiger partial charge in [0.15, 0.2) is 0 Å². The molecule has 0 saturated heterocycles. The molecule has 0 aliphatic heterocycles. The number of hydrogen-bond donors (Lipinski definition) is 0. The molecular weight excluding hydrogens is 132 g/mol. The Hall–Kier alpha value is -0.440. The van der Waals surface area contributed by atoms with Crippen molar-refractivity contribution in [2.45, 2.75) is 46.0 Å². The van der Waals surface area contributed by atoms with E-state index in [1.807, 2.05) is 0 Å². The summed E-state index contributed by atoms with van der Waals surface area (Å²) in [5.74, 6) is 8.06. The minimum atomic E-state index is 0.635. The Bertz CT molecular complexity index is 155. The van der Waals surface area contributed by atoms with E-state index in [1.165, 1.54) is 32.1 Å². The lowest BCUT2D eigenvalue weighted by atomic mass is 10.1. The Morgan fingerprint density at radius 2 is 2.18 bits per heavy atom. The van der Waals surface area contributed by atoms with Gasteiger partial charge in [0.25, 0.3) is 0 Å². The molecule has 62 valence electrons. The number of unbranched alkanes of at least 4 members (excludes halogenated alkanes) is 1. The van der Waals surface area contributed by atoms with E-state index < -0.39 is 0 Å². The maximum absolute atomic E-state index is 3.33. The van der Waals surface area contributed by atoms with E-state index in [2.05, 4.69) is 25.7 Å². The van der Waals surface area contributed by atoms with Crippen LogP contribution in [0.5, 0.6) is 0 Å². The van der Waals surface area contributed by atoms with Crippen LogP contribution in [0.25, 0.3) is 0 Å². The lowest BCUT2D eigenvalue weighted by Crippen LogP contribution is -1.89. The molecule has 1 atom stereocenters. The molecule has 1 aliphatic rings. The van der Waals surface area contributed by atoms with Crippen molar-refractivity contribution in [2.24, 2.45) is 11.8 Å². The first kappa shape index (κ1) is 8.65. The lowest BCUT2D eigenvalue weighted by Gasteiger charge is -1.99. The van der Waals surface area contributed by atoms with E-state index in [-0.39, 0.29) is 0 Å². The van der Waals surface area contributed by atoms with E-state index in [9.17, 15) is 0 Å². The minimum Gasteiger partial charge on any atom is -0.0999 e. The largest absolute Gasteiger partial charge is 0.0999 e. The Labute approximate surface area is 70.4 Å². The summed E-state index contributed by atoms with van der Waals surface area (Å²) >= 11 is 0. The second-order valence-electron chi connectivity index (χ2n) is 3.61. The summed E-state index contributed by atoms with van der Waals surface area (Å²) in [6, 6.07) is 0. The molecular formula is C11H18. The predicted molar refractivity (Wildman–Crippen MR) is 49.2 cm³/mol. The third-order valence-corrected chi connectivity index (χ3v) is 2.10. The molecule has 0 aromatic rings. The van der Waals surface area contributed by atoms with Crippen LogP contribution in [-0.2, 0) is 0 Å². The summed E-state index contributed by atoms with van der Waals surface area (Å²) in [5, 5.41) is 0. The molecule has 1 unspecified atom stereocenters. The van der Waals surface area contributed by atoms with Crippen LogP contribution in [0.3, 0.4) is 0 Å². The molecule has 0 aromatic heterocycles. The second-order valence-corrected chi connectivity index (χ2v) is 3.61. The highest BCUT2D eigenvalue weighted by atomic mass is 14.2. The van der Waals surface area contributed by atoms with Crippen molar-refractivity contribution >= 4 is 0 Å². The average molecular weight is 150 g/mol. The number of hydrogen-bond acceptors (Lipinski definition) is 0. The Morgan fingerprint density at radius 3 is 2.73 bits per heavy atom. The highest BCUT2D eigenvalue weighted by Gasteiger charge is 2.17.